The van der Waals surface area contributed by atoms with E-state index in [9.17, 15) is 0 Å². The Hall–Kier alpha value is -0.0400. The lowest BCUT2D eigenvalue weighted by molar-refractivity contribution is 0.325. The molecule has 0 aliphatic carbocycles. The van der Waals surface area contributed by atoms with Crippen LogP contribution in [0.3, 0.4) is 0 Å². The Bertz CT molecular complexity index is 175. The number of hydrogen-bond donors (Lipinski definition) is 1. The third-order valence-electron chi connectivity index (χ3n) is 4.86. The minimum Gasteiger partial charge on any atom is -0.317 e. The van der Waals surface area contributed by atoms with E-state index >= 15 is 0 Å². The normalized spacial score (nSPS) is 13.1. The van der Waals surface area contributed by atoms with Gasteiger partial charge in [0.15, 0.2) is 0 Å². The van der Waals surface area contributed by atoms with Crippen molar-refractivity contribution in [2.75, 3.05) is 7.05 Å². The van der Waals surface area contributed by atoms with Gasteiger partial charge in [0.2, 0.25) is 0 Å². The number of unbranched alkanes of at least 4 members (excludes halogenated alkanes) is 9. The molecular formula is C19H41N. The molecule has 1 nitrogen and oxygen atoms in total. The van der Waals surface area contributed by atoms with E-state index in [1.807, 2.05) is 0 Å². The second-order valence-corrected chi connectivity index (χ2v) is 6.44. The summed E-state index contributed by atoms with van der Waals surface area (Å²) in [5, 5.41) is 3.53. The Labute approximate surface area is 129 Å². The third-order valence-corrected chi connectivity index (χ3v) is 4.86. The summed E-state index contributed by atoms with van der Waals surface area (Å²) in [7, 11) is 2.14. The summed E-state index contributed by atoms with van der Waals surface area (Å²) in [6.45, 7) is 6.95. The van der Waals surface area contributed by atoms with Crippen molar-refractivity contribution < 1.29 is 0 Å². The predicted octanol–water partition coefficient (Wildman–Crippen LogP) is 6.32. The summed E-state index contributed by atoms with van der Waals surface area (Å²) in [4.78, 5) is 0. The number of nitrogens with one attached hydrogen (secondary N) is 1. The first kappa shape index (κ1) is 20.0. The molecule has 1 unspecified atom stereocenters. The molecule has 0 fully saturated rings. The third kappa shape index (κ3) is 10.7. The van der Waals surface area contributed by atoms with E-state index in [1.165, 1.54) is 83.5 Å². The average Bonchev–Trinajstić information content (AvgIpc) is 2.48. The van der Waals surface area contributed by atoms with Gasteiger partial charge in [-0.05, 0) is 19.4 Å². The smallest absolute Gasteiger partial charge is 0.00921 e. The van der Waals surface area contributed by atoms with Crippen LogP contribution < -0.4 is 5.32 Å². The Morgan fingerprint density at radius 2 is 1.10 bits per heavy atom. The Balaban J connectivity index is 3.37. The van der Waals surface area contributed by atoms with Gasteiger partial charge in [-0.3, -0.25) is 0 Å². The van der Waals surface area contributed by atoms with Crippen molar-refractivity contribution in [1.82, 2.24) is 5.32 Å². The van der Waals surface area contributed by atoms with Crippen molar-refractivity contribution in [2.24, 2.45) is 5.92 Å². The lowest BCUT2D eigenvalue weighted by Crippen LogP contribution is -2.32. The molecule has 0 aliphatic heterocycles. The van der Waals surface area contributed by atoms with Gasteiger partial charge in [-0.2, -0.15) is 0 Å². The highest BCUT2D eigenvalue weighted by Crippen LogP contribution is 2.19. The fraction of sp³-hybridized carbons (Fsp3) is 1.00. The van der Waals surface area contributed by atoms with Crippen LogP contribution in [0.25, 0.3) is 0 Å². The van der Waals surface area contributed by atoms with Gasteiger partial charge in [0.1, 0.15) is 0 Å². The van der Waals surface area contributed by atoms with Crippen LogP contribution in [0.15, 0.2) is 0 Å². The highest BCUT2D eigenvalue weighted by molar-refractivity contribution is 4.73. The second-order valence-electron chi connectivity index (χ2n) is 6.44. The van der Waals surface area contributed by atoms with Gasteiger partial charge in [-0.25, -0.2) is 0 Å². The molecule has 0 aromatic carbocycles. The van der Waals surface area contributed by atoms with Crippen LogP contribution >= 0.6 is 0 Å². The van der Waals surface area contributed by atoms with Gasteiger partial charge in [-0.1, -0.05) is 97.8 Å². The van der Waals surface area contributed by atoms with E-state index in [0.29, 0.717) is 0 Å². The van der Waals surface area contributed by atoms with Crippen LogP contribution in [0.2, 0.25) is 0 Å². The number of rotatable bonds is 15. The molecule has 1 heteroatoms. The molecule has 0 amide bonds. The van der Waals surface area contributed by atoms with Crippen LogP contribution in [-0.2, 0) is 0 Å². The van der Waals surface area contributed by atoms with Gasteiger partial charge in [-0.15, -0.1) is 0 Å². The van der Waals surface area contributed by atoms with Crippen LogP contribution in [0.1, 0.15) is 104 Å². The second kappa shape index (κ2) is 15.4. The van der Waals surface area contributed by atoms with Crippen LogP contribution in [0, 0.1) is 5.92 Å². The summed E-state index contributed by atoms with van der Waals surface area (Å²) in [5.41, 5.74) is 0. The van der Waals surface area contributed by atoms with E-state index in [4.69, 9.17) is 0 Å². The molecule has 1 atom stereocenters. The molecule has 0 radical (unpaired) electrons. The van der Waals surface area contributed by atoms with Crippen molar-refractivity contribution in [1.29, 1.82) is 0 Å². The first-order chi connectivity index (χ1) is 9.79. The van der Waals surface area contributed by atoms with E-state index in [1.54, 1.807) is 0 Å². The van der Waals surface area contributed by atoms with Gasteiger partial charge >= 0.3 is 0 Å². The Morgan fingerprint density at radius 1 is 0.650 bits per heavy atom. The highest BCUT2D eigenvalue weighted by atomic mass is 14.9. The number of hydrogen-bond acceptors (Lipinski definition) is 1. The zero-order chi connectivity index (χ0) is 15.1. The zero-order valence-corrected chi connectivity index (χ0v) is 14.8. The van der Waals surface area contributed by atoms with Crippen molar-refractivity contribution in [3.8, 4) is 0 Å². The average molecular weight is 284 g/mol. The maximum absolute atomic E-state index is 3.53. The fourth-order valence-corrected chi connectivity index (χ4v) is 3.33. The molecule has 0 bridgehead atoms. The van der Waals surface area contributed by atoms with Crippen molar-refractivity contribution >= 4 is 0 Å². The lowest BCUT2D eigenvalue weighted by atomic mass is 9.90. The maximum atomic E-state index is 3.53. The molecule has 0 saturated carbocycles. The Kier molecular flexibility index (Phi) is 15.3. The first-order valence-corrected chi connectivity index (χ1v) is 9.47. The summed E-state index contributed by atoms with van der Waals surface area (Å²) < 4.78 is 0. The van der Waals surface area contributed by atoms with E-state index in [0.717, 1.165) is 12.0 Å². The summed E-state index contributed by atoms with van der Waals surface area (Å²) in [6.07, 6.45) is 18.4. The lowest BCUT2D eigenvalue weighted by Gasteiger charge is -2.24. The SMILES string of the molecule is CCCCCCCCCCCCC(NC)C(CC)CC. The summed E-state index contributed by atoms with van der Waals surface area (Å²) in [5.74, 6) is 0.874. The van der Waals surface area contributed by atoms with Crippen LogP contribution in [0.4, 0.5) is 0 Å². The molecule has 122 valence electrons. The molecule has 0 aromatic rings. The molecule has 1 N–H and O–H groups in total. The van der Waals surface area contributed by atoms with Gasteiger partial charge in [0, 0.05) is 6.04 Å². The molecule has 0 spiro atoms. The standard InChI is InChI=1S/C19H41N/c1-5-8-9-10-11-12-13-14-15-16-17-19(20-4)18(6-2)7-3/h18-20H,5-17H2,1-4H3. The molecule has 0 aliphatic rings. The molecule has 0 rings (SSSR count). The molecule has 0 aromatic heterocycles. The summed E-state index contributed by atoms with van der Waals surface area (Å²) in [6, 6.07) is 0.749. The fourth-order valence-electron chi connectivity index (χ4n) is 3.33. The minimum absolute atomic E-state index is 0.749. The van der Waals surface area contributed by atoms with Gasteiger partial charge in [0.25, 0.3) is 0 Å². The van der Waals surface area contributed by atoms with Crippen molar-refractivity contribution in [3.63, 3.8) is 0 Å². The summed E-state index contributed by atoms with van der Waals surface area (Å²) >= 11 is 0. The first-order valence-electron chi connectivity index (χ1n) is 9.47. The molecule has 20 heavy (non-hydrogen) atoms. The van der Waals surface area contributed by atoms with E-state index in [2.05, 4.69) is 33.1 Å². The topological polar surface area (TPSA) is 12.0 Å². The van der Waals surface area contributed by atoms with E-state index < -0.39 is 0 Å². The maximum Gasteiger partial charge on any atom is 0.00921 e. The largest absolute Gasteiger partial charge is 0.317 e. The molecule has 0 heterocycles. The molecule has 0 saturated heterocycles. The van der Waals surface area contributed by atoms with Gasteiger partial charge < -0.3 is 5.32 Å². The quantitative estimate of drug-likeness (QED) is 0.347. The zero-order valence-electron chi connectivity index (χ0n) is 14.8. The highest BCUT2D eigenvalue weighted by Gasteiger charge is 2.15. The van der Waals surface area contributed by atoms with Crippen molar-refractivity contribution in [2.45, 2.75) is 110 Å². The van der Waals surface area contributed by atoms with Gasteiger partial charge in [0.05, 0.1) is 0 Å². The Morgan fingerprint density at radius 3 is 1.50 bits per heavy atom. The van der Waals surface area contributed by atoms with Crippen molar-refractivity contribution in [3.05, 3.63) is 0 Å². The monoisotopic (exact) mass is 283 g/mol. The van der Waals surface area contributed by atoms with E-state index in [-0.39, 0.29) is 0 Å². The van der Waals surface area contributed by atoms with Crippen LogP contribution in [0.5, 0.6) is 0 Å². The predicted molar refractivity (Wildman–Crippen MR) is 93.4 cm³/mol. The molecular weight excluding hydrogens is 242 g/mol. The van der Waals surface area contributed by atoms with Crippen LogP contribution in [-0.4, -0.2) is 13.1 Å². The minimum atomic E-state index is 0.749.